The van der Waals surface area contributed by atoms with Crippen molar-refractivity contribution in [1.29, 1.82) is 0 Å². The fraction of sp³-hybridized carbons (Fsp3) is 0.500. The van der Waals surface area contributed by atoms with Crippen molar-refractivity contribution in [2.75, 3.05) is 6.61 Å². The number of hydrogen-bond acceptors (Lipinski definition) is 2. The SMILES string of the molecule is C=C=CP(=O)(Cl)OCCC. The highest BCUT2D eigenvalue weighted by molar-refractivity contribution is 7.87. The van der Waals surface area contributed by atoms with Gasteiger partial charge in [-0.2, -0.15) is 0 Å². The van der Waals surface area contributed by atoms with Gasteiger partial charge in [0, 0.05) is 0 Å². The van der Waals surface area contributed by atoms with E-state index in [0.717, 1.165) is 12.2 Å². The Morgan fingerprint density at radius 3 is 2.90 bits per heavy atom. The minimum Gasteiger partial charge on any atom is -0.314 e. The lowest BCUT2D eigenvalue weighted by atomic mass is 10.5. The van der Waals surface area contributed by atoms with E-state index >= 15 is 0 Å². The van der Waals surface area contributed by atoms with Gasteiger partial charge in [-0.1, -0.05) is 13.5 Å². The van der Waals surface area contributed by atoms with Crippen molar-refractivity contribution >= 4 is 18.0 Å². The van der Waals surface area contributed by atoms with E-state index in [9.17, 15) is 4.57 Å². The quantitative estimate of drug-likeness (QED) is 0.491. The zero-order chi connectivity index (χ0) is 8.04. The van der Waals surface area contributed by atoms with Gasteiger partial charge in [0.15, 0.2) is 0 Å². The molecule has 10 heavy (non-hydrogen) atoms. The van der Waals surface area contributed by atoms with Crippen LogP contribution in [0.2, 0.25) is 0 Å². The minimum atomic E-state index is -3.04. The lowest BCUT2D eigenvalue weighted by molar-refractivity contribution is 0.329. The predicted molar refractivity (Wildman–Crippen MR) is 43.4 cm³/mol. The molecular formula is C6H10ClO2P. The molecule has 0 saturated carbocycles. The summed E-state index contributed by atoms with van der Waals surface area (Å²) in [5.41, 5.74) is 2.32. The molecule has 4 heteroatoms. The summed E-state index contributed by atoms with van der Waals surface area (Å²) in [7, 11) is 0. The van der Waals surface area contributed by atoms with E-state index < -0.39 is 6.72 Å². The monoisotopic (exact) mass is 180 g/mol. The van der Waals surface area contributed by atoms with Gasteiger partial charge in [0.1, 0.15) is 0 Å². The van der Waals surface area contributed by atoms with Crippen LogP contribution in [0, 0.1) is 0 Å². The summed E-state index contributed by atoms with van der Waals surface area (Å²) < 4.78 is 15.7. The number of hydrogen-bond donors (Lipinski definition) is 0. The fourth-order valence-electron chi connectivity index (χ4n) is 0.362. The van der Waals surface area contributed by atoms with Crippen molar-refractivity contribution in [3.63, 3.8) is 0 Å². The third kappa shape index (κ3) is 4.84. The van der Waals surface area contributed by atoms with Crippen LogP contribution in [0.4, 0.5) is 0 Å². The zero-order valence-electron chi connectivity index (χ0n) is 5.84. The molecule has 0 rings (SSSR count). The van der Waals surface area contributed by atoms with Crippen molar-refractivity contribution in [3.8, 4) is 0 Å². The molecule has 0 aromatic heterocycles. The first kappa shape index (κ1) is 10.0. The molecule has 0 saturated heterocycles. The zero-order valence-corrected chi connectivity index (χ0v) is 7.49. The van der Waals surface area contributed by atoms with Crippen LogP contribution in [-0.2, 0) is 9.09 Å². The lowest BCUT2D eigenvalue weighted by Crippen LogP contribution is -1.83. The Bertz CT molecular complexity index is 184. The van der Waals surface area contributed by atoms with Gasteiger partial charge in [-0.15, -0.1) is 5.73 Å². The van der Waals surface area contributed by atoms with Crippen molar-refractivity contribution in [3.05, 3.63) is 18.1 Å². The van der Waals surface area contributed by atoms with Crippen LogP contribution in [0.1, 0.15) is 13.3 Å². The molecule has 0 aromatic rings. The molecule has 2 nitrogen and oxygen atoms in total. The van der Waals surface area contributed by atoms with Gasteiger partial charge in [0.25, 0.3) is 0 Å². The van der Waals surface area contributed by atoms with E-state index in [1.54, 1.807) is 0 Å². The van der Waals surface area contributed by atoms with E-state index in [0.29, 0.717) is 6.61 Å². The van der Waals surface area contributed by atoms with Crippen LogP contribution >= 0.6 is 18.0 Å². The third-order valence-electron chi connectivity index (χ3n) is 0.717. The van der Waals surface area contributed by atoms with Crippen molar-refractivity contribution in [2.24, 2.45) is 0 Å². The van der Waals surface area contributed by atoms with E-state index in [4.69, 9.17) is 15.8 Å². The molecule has 0 heterocycles. The highest BCUT2D eigenvalue weighted by Gasteiger charge is 2.12. The van der Waals surface area contributed by atoms with Gasteiger partial charge in [-0.3, -0.25) is 4.57 Å². The van der Waals surface area contributed by atoms with Gasteiger partial charge >= 0.3 is 6.72 Å². The van der Waals surface area contributed by atoms with Gasteiger partial charge in [-0.05, 0) is 17.7 Å². The second kappa shape index (κ2) is 4.76. The van der Waals surface area contributed by atoms with Crippen LogP contribution in [0.15, 0.2) is 18.1 Å². The first-order chi connectivity index (χ1) is 4.62. The standard InChI is InChI=1S/C6H10ClO2P/c1-3-5-9-10(7,8)6-4-2/h6H,2-3,5H2,1H3. The molecule has 0 aromatic carbocycles. The molecule has 0 aliphatic rings. The Morgan fingerprint density at radius 2 is 2.50 bits per heavy atom. The van der Waals surface area contributed by atoms with Gasteiger partial charge < -0.3 is 4.52 Å². The average Bonchev–Trinajstić information content (AvgIpc) is 1.84. The summed E-state index contributed by atoms with van der Waals surface area (Å²) in [5, 5.41) is 0. The van der Waals surface area contributed by atoms with Crippen LogP contribution in [-0.4, -0.2) is 6.61 Å². The Labute approximate surface area is 65.8 Å². The van der Waals surface area contributed by atoms with Gasteiger partial charge in [0.2, 0.25) is 0 Å². The van der Waals surface area contributed by atoms with Crippen LogP contribution < -0.4 is 0 Å². The summed E-state index contributed by atoms with van der Waals surface area (Å²) in [6.07, 6.45) is 0.793. The molecule has 0 spiro atoms. The number of rotatable bonds is 4. The van der Waals surface area contributed by atoms with E-state index in [1.807, 2.05) is 6.92 Å². The van der Waals surface area contributed by atoms with Crippen LogP contribution in [0.3, 0.4) is 0 Å². The normalized spacial score (nSPS) is 15.4. The fourth-order valence-corrected chi connectivity index (χ4v) is 1.50. The molecule has 0 N–H and O–H groups in total. The second-order valence-electron chi connectivity index (χ2n) is 1.69. The highest BCUT2D eigenvalue weighted by Crippen LogP contribution is 2.53. The summed E-state index contributed by atoms with van der Waals surface area (Å²) in [6, 6.07) is 0. The van der Waals surface area contributed by atoms with Crippen molar-refractivity contribution < 1.29 is 9.09 Å². The minimum absolute atomic E-state index is 0.402. The molecule has 1 unspecified atom stereocenters. The maximum absolute atomic E-state index is 11.0. The molecule has 0 bridgehead atoms. The molecule has 1 atom stereocenters. The topological polar surface area (TPSA) is 26.3 Å². The average molecular weight is 181 g/mol. The summed E-state index contributed by atoms with van der Waals surface area (Å²) in [6.45, 7) is 2.51. The Kier molecular flexibility index (Phi) is 4.76. The Hall–Kier alpha value is -0.0000000000000000208. The van der Waals surface area contributed by atoms with E-state index in [-0.39, 0.29) is 0 Å². The second-order valence-corrected chi connectivity index (χ2v) is 4.66. The Morgan fingerprint density at radius 1 is 1.90 bits per heavy atom. The predicted octanol–water partition coefficient (Wildman–Crippen LogP) is 3.14. The molecule has 0 amide bonds. The largest absolute Gasteiger partial charge is 0.320 e. The lowest BCUT2D eigenvalue weighted by Gasteiger charge is -2.02. The van der Waals surface area contributed by atoms with Crippen LogP contribution in [0.25, 0.3) is 0 Å². The third-order valence-corrected chi connectivity index (χ3v) is 2.33. The Balaban J connectivity index is 3.87. The van der Waals surface area contributed by atoms with Gasteiger partial charge in [0.05, 0.1) is 12.4 Å². The first-order valence-corrected chi connectivity index (χ1v) is 5.53. The number of halogens is 1. The van der Waals surface area contributed by atoms with Crippen molar-refractivity contribution in [2.45, 2.75) is 13.3 Å². The summed E-state index contributed by atoms with van der Waals surface area (Å²) in [5.74, 6) is 1.16. The molecule has 58 valence electrons. The van der Waals surface area contributed by atoms with Crippen LogP contribution in [0.5, 0.6) is 0 Å². The highest BCUT2D eigenvalue weighted by atomic mass is 35.7. The summed E-state index contributed by atoms with van der Waals surface area (Å²) in [4.78, 5) is 0. The summed E-state index contributed by atoms with van der Waals surface area (Å²) >= 11 is 5.39. The van der Waals surface area contributed by atoms with E-state index in [2.05, 4.69) is 12.3 Å². The van der Waals surface area contributed by atoms with E-state index in [1.165, 1.54) is 0 Å². The molecule has 0 fully saturated rings. The van der Waals surface area contributed by atoms with Gasteiger partial charge in [-0.25, -0.2) is 0 Å². The smallest absolute Gasteiger partial charge is 0.314 e. The molecule has 0 aliphatic carbocycles. The molecule has 0 radical (unpaired) electrons. The first-order valence-electron chi connectivity index (χ1n) is 2.93. The molecular weight excluding hydrogens is 170 g/mol. The maximum atomic E-state index is 11.0. The molecule has 0 aliphatic heterocycles. The maximum Gasteiger partial charge on any atom is 0.320 e. The van der Waals surface area contributed by atoms with Crippen molar-refractivity contribution in [1.82, 2.24) is 0 Å².